The molecule has 3 aromatic carbocycles. The van der Waals surface area contributed by atoms with Gasteiger partial charge in [0.1, 0.15) is 16.4 Å². The van der Waals surface area contributed by atoms with E-state index in [-0.39, 0.29) is 11.5 Å². The highest BCUT2D eigenvalue weighted by Gasteiger charge is 2.25. The number of phenolic OH excluding ortho intramolecular Hbond substituents is 1. The molecular formula is C28H23ClO5S. The Morgan fingerprint density at radius 2 is 1.54 bits per heavy atom. The minimum atomic E-state index is -1.02. The predicted molar refractivity (Wildman–Crippen MR) is 141 cm³/mol. The maximum absolute atomic E-state index is 13.8. The van der Waals surface area contributed by atoms with Gasteiger partial charge in [0, 0.05) is 26.7 Å². The number of halogens is 1. The lowest BCUT2D eigenvalue weighted by atomic mass is 9.97. The first-order valence-corrected chi connectivity index (χ1v) is 12.0. The van der Waals surface area contributed by atoms with Gasteiger partial charge in [-0.25, -0.2) is 4.79 Å². The fourth-order valence-electron chi connectivity index (χ4n) is 4.21. The van der Waals surface area contributed by atoms with Crippen molar-refractivity contribution in [2.24, 2.45) is 0 Å². The van der Waals surface area contributed by atoms with E-state index in [0.29, 0.717) is 32.3 Å². The van der Waals surface area contributed by atoms with Gasteiger partial charge in [-0.1, -0.05) is 11.6 Å². The molecule has 0 spiro atoms. The van der Waals surface area contributed by atoms with E-state index in [0.717, 1.165) is 38.6 Å². The molecule has 0 atom stereocenters. The Labute approximate surface area is 211 Å². The van der Waals surface area contributed by atoms with Crippen molar-refractivity contribution in [2.75, 3.05) is 0 Å². The SMILES string of the molecule is Cc1cc(/C=C/C(=O)O)cc(C)c1Oc1c(C(=O)c2c(C)cc(Cl)cc2C)sc2cc(O)ccc12. The lowest BCUT2D eigenvalue weighted by Gasteiger charge is -2.15. The van der Waals surface area contributed by atoms with Crippen LogP contribution in [-0.4, -0.2) is 22.0 Å². The Kier molecular flexibility index (Phi) is 6.70. The molecule has 178 valence electrons. The molecule has 35 heavy (non-hydrogen) atoms. The molecule has 0 saturated carbocycles. The summed E-state index contributed by atoms with van der Waals surface area (Å²) in [6.07, 6.45) is 2.61. The topological polar surface area (TPSA) is 83.8 Å². The average Bonchev–Trinajstić information content (AvgIpc) is 3.11. The normalized spacial score (nSPS) is 11.3. The monoisotopic (exact) mass is 506 g/mol. The second-order valence-corrected chi connectivity index (χ2v) is 9.93. The Balaban J connectivity index is 1.87. The maximum atomic E-state index is 13.8. The maximum Gasteiger partial charge on any atom is 0.328 e. The molecule has 4 aromatic rings. The minimum Gasteiger partial charge on any atom is -0.508 e. The van der Waals surface area contributed by atoms with Gasteiger partial charge in [0.15, 0.2) is 5.75 Å². The predicted octanol–water partition coefficient (Wildman–Crippen LogP) is 7.62. The van der Waals surface area contributed by atoms with Gasteiger partial charge < -0.3 is 14.9 Å². The largest absolute Gasteiger partial charge is 0.508 e. The number of aromatic hydroxyl groups is 1. The molecule has 1 aromatic heterocycles. The average molecular weight is 507 g/mol. The number of carboxylic acids is 1. The number of phenols is 1. The highest BCUT2D eigenvalue weighted by atomic mass is 35.5. The van der Waals surface area contributed by atoms with E-state index in [1.165, 1.54) is 17.4 Å². The zero-order chi connectivity index (χ0) is 25.4. The number of carboxylic acid groups (broad SMARTS) is 1. The lowest BCUT2D eigenvalue weighted by molar-refractivity contribution is -0.131. The third-order valence-corrected chi connectivity index (χ3v) is 7.01. The molecule has 0 fully saturated rings. The van der Waals surface area contributed by atoms with Crippen LogP contribution in [0.15, 0.2) is 48.5 Å². The van der Waals surface area contributed by atoms with Gasteiger partial charge in [-0.15, -0.1) is 11.3 Å². The van der Waals surface area contributed by atoms with Crippen LogP contribution in [0.25, 0.3) is 16.2 Å². The number of ketones is 1. The van der Waals surface area contributed by atoms with E-state index >= 15 is 0 Å². The number of ether oxygens (including phenoxy) is 1. The number of hydrogen-bond donors (Lipinski definition) is 2. The van der Waals surface area contributed by atoms with E-state index in [4.69, 9.17) is 21.4 Å². The molecule has 0 aliphatic carbocycles. The first kappa shape index (κ1) is 24.5. The molecule has 0 radical (unpaired) electrons. The van der Waals surface area contributed by atoms with Crippen molar-refractivity contribution in [3.05, 3.63) is 91.8 Å². The number of aliphatic carboxylic acids is 1. The van der Waals surface area contributed by atoms with Crippen LogP contribution in [-0.2, 0) is 4.79 Å². The van der Waals surface area contributed by atoms with Gasteiger partial charge in [0.25, 0.3) is 0 Å². The Bertz CT molecular complexity index is 1480. The standard InChI is InChI=1S/C28H23ClO5S/c1-14-11-19(29)12-15(2)24(14)25(33)28-27(21-7-6-20(30)13-22(21)35-28)34-26-16(3)9-18(10-17(26)4)5-8-23(31)32/h5-13,30H,1-4H3,(H,31,32)/b8-5+. The van der Waals surface area contributed by atoms with E-state index in [9.17, 15) is 14.7 Å². The summed E-state index contributed by atoms with van der Waals surface area (Å²) in [5.74, 6) is -0.0917. The highest BCUT2D eigenvalue weighted by molar-refractivity contribution is 7.21. The number of carbonyl (C=O) groups is 2. The van der Waals surface area contributed by atoms with Gasteiger partial charge in [-0.3, -0.25) is 4.79 Å². The van der Waals surface area contributed by atoms with Gasteiger partial charge >= 0.3 is 5.97 Å². The number of thiophene rings is 1. The molecule has 4 rings (SSSR count). The number of hydrogen-bond acceptors (Lipinski definition) is 5. The molecule has 0 bridgehead atoms. The van der Waals surface area contributed by atoms with Crippen LogP contribution in [0.3, 0.4) is 0 Å². The number of fused-ring (bicyclic) bond motifs is 1. The first-order chi connectivity index (χ1) is 16.5. The zero-order valence-electron chi connectivity index (χ0n) is 19.6. The number of benzene rings is 3. The fourth-order valence-corrected chi connectivity index (χ4v) is 5.64. The highest BCUT2D eigenvalue weighted by Crippen LogP contribution is 2.44. The molecule has 5 nitrogen and oxygen atoms in total. The Hall–Kier alpha value is -3.61. The van der Waals surface area contributed by atoms with Crippen LogP contribution in [0.2, 0.25) is 5.02 Å². The summed E-state index contributed by atoms with van der Waals surface area (Å²) in [7, 11) is 0. The smallest absolute Gasteiger partial charge is 0.328 e. The molecular weight excluding hydrogens is 484 g/mol. The van der Waals surface area contributed by atoms with Crippen molar-refractivity contribution >= 4 is 50.9 Å². The molecule has 2 N–H and O–H groups in total. The second-order valence-electron chi connectivity index (χ2n) is 8.44. The molecule has 0 unspecified atom stereocenters. The molecule has 1 heterocycles. The Morgan fingerprint density at radius 3 is 2.14 bits per heavy atom. The van der Waals surface area contributed by atoms with Crippen molar-refractivity contribution < 1.29 is 24.5 Å². The molecule has 0 amide bonds. The van der Waals surface area contributed by atoms with E-state index < -0.39 is 5.97 Å². The number of carbonyl (C=O) groups excluding carboxylic acids is 1. The van der Waals surface area contributed by atoms with Gasteiger partial charge in [0.05, 0.1) is 0 Å². The van der Waals surface area contributed by atoms with Crippen LogP contribution in [0, 0.1) is 27.7 Å². The third-order valence-electron chi connectivity index (χ3n) is 5.66. The quantitative estimate of drug-likeness (QED) is 0.207. The summed E-state index contributed by atoms with van der Waals surface area (Å²) in [5.41, 5.74) is 4.44. The zero-order valence-corrected chi connectivity index (χ0v) is 21.2. The molecule has 7 heteroatoms. The summed E-state index contributed by atoms with van der Waals surface area (Å²) < 4.78 is 7.16. The van der Waals surface area contributed by atoms with Crippen molar-refractivity contribution in [2.45, 2.75) is 27.7 Å². The fraction of sp³-hybridized carbons (Fsp3) is 0.143. The van der Waals surface area contributed by atoms with Crippen LogP contribution in [0.1, 0.15) is 43.1 Å². The number of aryl methyl sites for hydroxylation is 4. The van der Waals surface area contributed by atoms with Crippen molar-refractivity contribution in [1.82, 2.24) is 0 Å². The van der Waals surface area contributed by atoms with Crippen LogP contribution >= 0.6 is 22.9 Å². The van der Waals surface area contributed by atoms with Crippen LogP contribution in [0.5, 0.6) is 17.2 Å². The number of rotatable bonds is 6. The third kappa shape index (κ3) is 4.94. The van der Waals surface area contributed by atoms with E-state index in [2.05, 4.69) is 0 Å². The summed E-state index contributed by atoms with van der Waals surface area (Å²) >= 11 is 7.45. The minimum absolute atomic E-state index is 0.102. The summed E-state index contributed by atoms with van der Waals surface area (Å²) in [4.78, 5) is 25.1. The van der Waals surface area contributed by atoms with E-state index in [1.807, 2.05) is 39.8 Å². The Morgan fingerprint density at radius 1 is 0.914 bits per heavy atom. The van der Waals surface area contributed by atoms with Crippen molar-refractivity contribution in [3.8, 4) is 17.2 Å². The van der Waals surface area contributed by atoms with Crippen molar-refractivity contribution in [1.29, 1.82) is 0 Å². The summed E-state index contributed by atoms with van der Waals surface area (Å²) in [5, 5.41) is 20.2. The molecule has 0 saturated heterocycles. The van der Waals surface area contributed by atoms with Crippen molar-refractivity contribution in [3.63, 3.8) is 0 Å². The van der Waals surface area contributed by atoms with Crippen LogP contribution in [0.4, 0.5) is 0 Å². The lowest BCUT2D eigenvalue weighted by Crippen LogP contribution is -2.06. The van der Waals surface area contributed by atoms with Gasteiger partial charge in [-0.05, 0) is 104 Å². The van der Waals surface area contributed by atoms with E-state index in [1.54, 1.807) is 30.3 Å². The van der Waals surface area contributed by atoms with Crippen LogP contribution < -0.4 is 4.74 Å². The molecule has 0 aliphatic heterocycles. The second kappa shape index (κ2) is 9.56. The summed E-state index contributed by atoms with van der Waals surface area (Å²) in [6.45, 7) is 7.44. The first-order valence-electron chi connectivity index (χ1n) is 10.8. The molecule has 0 aliphatic rings. The van der Waals surface area contributed by atoms with Gasteiger partial charge in [-0.2, -0.15) is 0 Å². The summed E-state index contributed by atoms with van der Waals surface area (Å²) in [6, 6.07) is 12.1. The van der Waals surface area contributed by atoms with Gasteiger partial charge in [0.2, 0.25) is 5.78 Å².